The first-order chi connectivity index (χ1) is 29.5. The first kappa shape index (κ1) is 35.4. The van der Waals surface area contributed by atoms with E-state index in [0.717, 1.165) is 12.1 Å². The number of alkyl halides is 3. The maximum Gasteiger partial charge on any atom is 0.417 e. The summed E-state index contributed by atoms with van der Waals surface area (Å²) in [6.45, 7) is 0. The van der Waals surface area contributed by atoms with Gasteiger partial charge in [-0.25, -0.2) is 22.0 Å². The Morgan fingerprint density at radius 1 is 0.393 bits per heavy atom. The number of furan rings is 2. The molecule has 4 nitrogen and oxygen atoms in total. The van der Waals surface area contributed by atoms with E-state index in [1.54, 1.807) is 81.9 Å². The van der Waals surface area contributed by atoms with Gasteiger partial charge in [0.25, 0.3) is 0 Å². The summed E-state index contributed by atoms with van der Waals surface area (Å²) in [5, 5.41) is 5.15. The summed E-state index contributed by atoms with van der Waals surface area (Å²) in [7, 11) is 0. The Labute approximate surface area is 336 Å². The maximum absolute atomic E-state index is 15.9. The molecule has 0 amide bonds. The van der Waals surface area contributed by atoms with Crippen molar-refractivity contribution in [2.24, 2.45) is 0 Å². The van der Waals surface area contributed by atoms with Crippen LogP contribution in [-0.4, -0.2) is 9.13 Å². The number of aromatic nitrogens is 2. The monoisotopic (exact) mass is 822 g/mol. The van der Waals surface area contributed by atoms with Crippen LogP contribution in [0.25, 0.3) is 110 Å². The molecule has 4 heterocycles. The number of nitrogens with zero attached hydrogens (tertiary/aromatic N) is 2. The van der Waals surface area contributed by atoms with E-state index in [1.165, 1.54) is 0 Å². The van der Waals surface area contributed by atoms with Crippen molar-refractivity contribution >= 4 is 87.5 Å². The van der Waals surface area contributed by atoms with Crippen LogP contribution >= 0.6 is 0 Å². The van der Waals surface area contributed by atoms with E-state index in [0.29, 0.717) is 87.5 Å². The summed E-state index contributed by atoms with van der Waals surface area (Å²) in [6, 6.07) is 37.5. The van der Waals surface area contributed by atoms with E-state index < -0.39 is 52.0 Å². The molecule has 8 aromatic carbocycles. The molecule has 0 atom stereocenters. The third-order valence-electron chi connectivity index (χ3n) is 11.7. The highest BCUT2D eigenvalue weighted by Crippen LogP contribution is 2.49. The molecule has 0 N–H and O–H groups in total. The predicted molar refractivity (Wildman–Crippen MR) is 220 cm³/mol. The van der Waals surface area contributed by atoms with Gasteiger partial charge in [0.05, 0.1) is 55.3 Å². The first-order valence-corrected chi connectivity index (χ1v) is 19.0. The van der Waals surface area contributed by atoms with E-state index in [9.17, 15) is 4.39 Å². The summed E-state index contributed by atoms with van der Waals surface area (Å²) in [5.74, 6) is -12.1. The molecule has 0 bridgehead atoms. The maximum atomic E-state index is 15.9. The van der Waals surface area contributed by atoms with Gasteiger partial charge in [0, 0.05) is 37.9 Å². The largest absolute Gasteiger partial charge is 0.456 e. The second-order valence-corrected chi connectivity index (χ2v) is 14.9. The van der Waals surface area contributed by atoms with E-state index in [1.807, 2.05) is 48.5 Å². The minimum atomic E-state index is -5.38. The summed E-state index contributed by atoms with van der Waals surface area (Å²) in [5.41, 5.74) is -1.00. The lowest BCUT2D eigenvalue weighted by Crippen LogP contribution is -2.14. The van der Waals surface area contributed by atoms with E-state index in [-0.39, 0.29) is 11.4 Å². The Bertz CT molecular complexity index is 3860. The Morgan fingerprint density at radius 2 is 0.803 bits per heavy atom. The molecule has 12 heteroatoms. The second-order valence-electron chi connectivity index (χ2n) is 14.9. The number of benzene rings is 8. The molecule has 0 radical (unpaired) electrons. The van der Waals surface area contributed by atoms with Crippen LogP contribution < -0.4 is 0 Å². The molecule has 4 aromatic heterocycles. The molecule has 0 unspecified atom stereocenters. The van der Waals surface area contributed by atoms with Gasteiger partial charge in [0.1, 0.15) is 22.3 Å². The Hall–Kier alpha value is -7.60. The summed E-state index contributed by atoms with van der Waals surface area (Å²) >= 11 is 0. The molecule has 0 aliphatic heterocycles. The molecule has 12 aromatic rings. The summed E-state index contributed by atoms with van der Waals surface area (Å²) in [4.78, 5) is 0. The van der Waals surface area contributed by atoms with Gasteiger partial charge >= 0.3 is 6.18 Å². The van der Waals surface area contributed by atoms with Crippen LogP contribution in [0.3, 0.4) is 0 Å². The third-order valence-corrected chi connectivity index (χ3v) is 11.7. The minimum absolute atomic E-state index is 0.0663. The van der Waals surface area contributed by atoms with Crippen LogP contribution in [0.5, 0.6) is 0 Å². The van der Waals surface area contributed by atoms with Gasteiger partial charge in [-0.3, -0.25) is 0 Å². The van der Waals surface area contributed by atoms with Crippen molar-refractivity contribution in [1.82, 2.24) is 9.13 Å². The zero-order valence-electron chi connectivity index (χ0n) is 30.9. The van der Waals surface area contributed by atoms with Gasteiger partial charge in [-0.15, -0.1) is 0 Å². The average Bonchev–Trinajstić information content (AvgIpc) is 4.02. The Balaban J connectivity index is 1.37. The topological polar surface area (TPSA) is 36.1 Å². The van der Waals surface area contributed by atoms with Crippen molar-refractivity contribution < 1.29 is 44.0 Å². The highest BCUT2D eigenvalue weighted by molar-refractivity contribution is 6.26. The predicted octanol–water partition coefficient (Wildman–Crippen LogP) is 15.1. The van der Waals surface area contributed by atoms with Crippen LogP contribution in [0.4, 0.5) is 35.1 Å². The molecule has 0 saturated heterocycles. The number of rotatable bonds is 3. The van der Waals surface area contributed by atoms with Crippen LogP contribution in [0, 0.1) is 29.1 Å². The lowest BCUT2D eigenvalue weighted by Gasteiger charge is -2.23. The first-order valence-electron chi connectivity index (χ1n) is 19.0. The molecule has 0 saturated carbocycles. The molecule has 296 valence electrons. The minimum Gasteiger partial charge on any atom is -0.456 e. The quantitative estimate of drug-likeness (QED) is 0.101. The van der Waals surface area contributed by atoms with E-state index in [2.05, 4.69) is 0 Å². The number of hydrogen-bond acceptors (Lipinski definition) is 2. The molecule has 0 aliphatic rings. The van der Waals surface area contributed by atoms with Gasteiger partial charge in [0.2, 0.25) is 5.82 Å². The third kappa shape index (κ3) is 4.69. The second kappa shape index (κ2) is 12.2. The van der Waals surface area contributed by atoms with Crippen molar-refractivity contribution in [2.45, 2.75) is 6.18 Å². The molecular weight excluding hydrogens is 801 g/mol. The number of fused-ring (bicyclic) bond motifs is 14. The highest BCUT2D eigenvalue weighted by Gasteiger charge is 2.39. The number of hydrogen-bond donors (Lipinski definition) is 0. The van der Waals surface area contributed by atoms with Crippen molar-refractivity contribution in [2.75, 3.05) is 0 Å². The lowest BCUT2D eigenvalue weighted by atomic mass is 9.95. The van der Waals surface area contributed by atoms with Crippen molar-refractivity contribution in [3.05, 3.63) is 168 Å². The zero-order valence-corrected chi connectivity index (χ0v) is 30.9. The van der Waals surface area contributed by atoms with Gasteiger partial charge in [-0.2, -0.15) is 13.2 Å². The summed E-state index contributed by atoms with van der Waals surface area (Å²) in [6.07, 6.45) is -5.38. The average molecular weight is 823 g/mol. The lowest BCUT2D eigenvalue weighted by molar-refractivity contribution is -0.137. The van der Waals surface area contributed by atoms with Crippen LogP contribution in [0.15, 0.2) is 142 Å². The SMILES string of the molecule is Fc1c(F)c(F)c(-c2cc(-n3c4ccccc4c4ccc5oc6ccccc6c5c43)c(-n3c4ccccc4c4ccc5oc6ccccc6c5c43)cc2C(F)(F)F)c(F)c1F. The molecule has 61 heavy (non-hydrogen) atoms. The normalized spacial score (nSPS) is 12.6. The number of halogens is 8. The highest BCUT2D eigenvalue weighted by atomic mass is 19.4. The van der Waals surface area contributed by atoms with Crippen LogP contribution in [0.1, 0.15) is 5.56 Å². The Morgan fingerprint density at radius 3 is 1.28 bits per heavy atom. The molecule has 0 fully saturated rings. The number of para-hydroxylation sites is 4. The standard InChI is InChI=1S/C49H22F8N2O2/c50-42-41(43(51)45(53)46(54)44(42)52)29-21-33(58-31-13-5-1-9-23(31)25-17-19-37-39(47(25)58)27-11-3-7-15-35(27)60-37)34(22-30(29)49(55,56)57)59-32-14-6-2-10-24(32)26-18-20-38-40(48(26)59)28-12-4-8-16-36(28)61-38/h1-22H. The van der Waals surface area contributed by atoms with Gasteiger partial charge < -0.3 is 18.0 Å². The fourth-order valence-corrected chi connectivity index (χ4v) is 9.25. The van der Waals surface area contributed by atoms with Crippen LogP contribution in [0.2, 0.25) is 0 Å². The van der Waals surface area contributed by atoms with E-state index >= 15 is 30.7 Å². The van der Waals surface area contributed by atoms with Crippen molar-refractivity contribution in [3.8, 4) is 22.5 Å². The van der Waals surface area contributed by atoms with Crippen molar-refractivity contribution in [1.29, 1.82) is 0 Å². The van der Waals surface area contributed by atoms with Crippen molar-refractivity contribution in [3.63, 3.8) is 0 Å². The summed E-state index contributed by atoms with van der Waals surface area (Å²) < 4.78 is 139. The fourth-order valence-electron chi connectivity index (χ4n) is 9.25. The van der Waals surface area contributed by atoms with E-state index in [4.69, 9.17) is 8.83 Å². The Kier molecular flexibility index (Phi) is 7.09. The van der Waals surface area contributed by atoms with Gasteiger partial charge in [0.15, 0.2) is 23.3 Å². The zero-order chi connectivity index (χ0) is 41.6. The molecule has 0 aliphatic carbocycles. The fraction of sp³-hybridized carbons (Fsp3) is 0.0204. The molecule has 12 rings (SSSR count). The molecule has 0 spiro atoms. The van der Waals surface area contributed by atoms with Crippen LogP contribution in [-0.2, 0) is 6.18 Å². The smallest absolute Gasteiger partial charge is 0.417 e. The molecular formula is C49H22F8N2O2. The van der Waals surface area contributed by atoms with Gasteiger partial charge in [-0.1, -0.05) is 72.8 Å². The van der Waals surface area contributed by atoms with Gasteiger partial charge in [-0.05, 0) is 60.7 Å².